The summed E-state index contributed by atoms with van der Waals surface area (Å²) in [6, 6.07) is 10.3. The maximum Gasteiger partial charge on any atom is 0.345 e. The Morgan fingerprint density at radius 2 is 1.28 bits per heavy atom. The molecule has 2 unspecified atom stereocenters. The average molecular weight is 731 g/mol. The lowest BCUT2D eigenvalue weighted by molar-refractivity contribution is -0.141. The van der Waals surface area contributed by atoms with Crippen LogP contribution < -0.4 is 10.6 Å². The van der Waals surface area contributed by atoms with E-state index in [0.717, 1.165) is 82.7 Å². The number of hydroxylamine groups is 4. The minimum Gasteiger partial charge on any atom is -0.352 e. The van der Waals surface area contributed by atoms with Crippen molar-refractivity contribution in [2.24, 2.45) is 11.3 Å². The molecule has 0 aromatic heterocycles. The fourth-order valence-electron chi connectivity index (χ4n) is 10.7. The molecule has 14 nitrogen and oxygen atoms in total. The zero-order chi connectivity index (χ0) is 35.8. The van der Waals surface area contributed by atoms with Crippen LogP contribution in [0.1, 0.15) is 76.2 Å². The average Bonchev–Trinajstić information content (AvgIpc) is 4.08. The Hall–Kier alpha value is -3.46. The van der Waals surface area contributed by atoms with Crippen molar-refractivity contribution in [2.45, 2.75) is 126 Å². The van der Waals surface area contributed by atoms with Crippen LogP contribution in [0.3, 0.4) is 0 Å². The van der Waals surface area contributed by atoms with Crippen molar-refractivity contribution < 1.29 is 28.9 Å². The SMILES string of the molecule is O=C(NC1CCN(C2CC2)CC1)[C@@H]1CC[C@@H]2CN1C(=O)N2OCC1CC1N1CC2(CC(NC(=O)[C@@H]3CC[C@@H]4CN3C(=O)N4OCc3ccccc3)C2)C1. The molecule has 6 saturated heterocycles. The summed E-state index contributed by atoms with van der Waals surface area (Å²) in [6.45, 7) is 6.16. The zero-order valence-corrected chi connectivity index (χ0v) is 30.7. The van der Waals surface area contributed by atoms with Crippen molar-refractivity contribution in [1.82, 2.24) is 40.4 Å². The Kier molecular flexibility index (Phi) is 8.60. The molecular weight excluding hydrogens is 676 g/mol. The lowest BCUT2D eigenvalue weighted by Gasteiger charge is -2.59. The normalized spacial score (nSPS) is 34.0. The van der Waals surface area contributed by atoms with E-state index in [1.54, 1.807) is 14.9 Å². The van der Waals surface area contributed by atoms with Gasteiger partial charge in [-0.25, -0.2) is 9.59 Å². The summed E-state index contributed by atoms with van der Waals surface area (Å²) < 4.78 is 0. The van der Waals surface area contributed by atoms with Crippen LogP contribution in [0.4, 0.5) is 9.59 Å². The van der Waals surface area contributed by atoms with Crippen LogP contribution in [0.15, 0.2) is 30.3 Å². The van der Waals surface area contributed by atoms with Crippen LogP contribution in [-0.4, -0.2) is 148 Å². The maximum atomic E-state index is 13.4. The fraction of sp³-hybridized carbons (Fsp3) is 0.744. The molecule has 9 fully saturated rings. The van der Waals surface area contributed by atoms with E-state index in [0.29, 0.717) is 51.1 Å². The van der Waals surface area contributed by atoms with Gasteiger partial charge in [0.05, 0.1) is 18.7 Å². The molecule has 6 amide bonds. The quantitative estimate of drug-likeness (QED) is 0.336. The summed E-state index contributed by atoms with van der Waals surface area (Å²) in [5.74, 6) is 0.377. The Bertz CT molecular complexity index is 1590. The van der Waals surface area contributed by atoms with E-state index >= 15 is 0 Å². The van der Waals surface area contributed by atoms with E-state index in [1.165, 1.54) is 17.9 Å². The van der Waals surface area contributed by atoms with Crippen molar-refractivity contribution in [3.8, 4) is 0 Å². The molecule has 6 heterocycles. The monoisotopic (exact) mass is 730 g/mol. The van der Waals surface area contributed by atoms with Crippen molar-refractivity contribution in [3.05, 3.63) is 35.9 Å². The number of benzene rings is 1. The maximum absolute atomic E-state index is 13.4. The third kappa shape index (κ3) is 6.46. The highest BCUT2D eigenvalue weighted by Gasteiger charge is 2.59. The summed E-state index contributed by atoms with van der Waals surface area (Å²) in [7, 11) is 0. The van der Waals surface area contributed by atoms with Crippen molar-refractivity contribution in [2.75, 3.05) is 45.9 Å². The highest BCUT2D eigenvalue weighted by molar-refractivity contribution is 5.89. The van der Waals surface area contributed by atoms with E-state index < -0.39 is 12.1 Å². The summed E-state index contributed by atoms with van der Waals surface area (Å²) in [4.78, 5) is 73.9. The summed E-state index contributed by atoms with van der Waals surface area (Å²) in [5.41, 5.74) is 1.28. The number of amides is 6. The summed E-state index contributed by atoms with van der Waals surface area (Å²) >= 11 is 0. The number of nitrogens with zero attached hydrogens (tertiary/aromatic N) is 6. The van der Waals surface area contributed by atoms with Crippen LogP contribution in [0.5, 0.6) is 0 Å². The molecule has 1 spiro atoms. The predicted octanol–water partition coefficient (Wildman–Crippen LogP) is 2.30. The number of likely N-dealkylation sites (tertiary alicyclic amines) is 2. The van der Waals surface area contributed by atoms with E-state index in [9.17, 15) is 19.2 Å². The predicted molar refractivity (Wildman–Crippen MR) is 192 cm³/mol. The fourth-order valence-corrected chi connectivity index (χ4v) is 10.7. The first-order valence-electron chi connectivity index (χ1n) is 20.4. The molecule has 1 aromatic rings. The first-order valence-corrected chi connectivity index (χ1v) is 20.4. The van der Waals surface area contributed by atoms with Gasteiger partial charge in [0.1, 0.15) is 18.7 Å². The second kappa shape index (κ2) is 13.4. The molecule has 1 aromatic carbocycles. The van der Waals surface area contributed by atoms with Gasteiger partial charge in [0.25, 0.3) is 0 Å². The molecular formula is C39H54N8O6. The number of fused-ring (bicyclic) bond motifs is 4. The molecule has 6 aliphatic heterocycles. The van der Waals surface area contributed by atoms with Gasteiger partial charge in [0.15, 0.2) is 0 Å². The highest BCUT2D eigenvalue weighted by atomic mass is 16.7. The van der Waals surface area contributed by atoms with Crippen LogP contribution in [0, 0.1) is 11.3 Å². The number of carbonyl (C=O) groups is 4. The number of hydrogen-bond donors (Lipinski definition) is 2. The topological polar surface area (TPSA) is 130 Å². The number of urea groups is 2. The van der Waals surface area contributed by atoms with Crippen LogP contribution in [-0.2, 0) is 25.9 Å². The molecule has 286 valence electrons. The lowest BCUT2D eigenvalue weighted by Crippen LogP contribution is -2.68. The first-order chi connectivity index (χ1) is 25.8. The second-order valence-corrected chi connectivity index (χ2v) is 17.7. The lowest BCUT2D eigenvalue weighted by atomic mass is 9.60. The zero-order valence-electron chi connectivity index (χ0n) is 30.7. The second-order valence-electron chi connectivity index (χ2n) is 17.7. The molecule has 53 heavy (non-hydrogen) atoms. The third-order valence-electron chi connectivity index (χ3n) is 14.0. The molecule has 0 radical (unpaired) electrons. The van der Waals surface area contributed by atoms with Crippen LogP contribution >= 0.6 is 0 Å². The van der Waals surface area contributed by atoms with Gasteiger partial charge in [-0.05, 0) is 81.6 Å². The van der Waals surface area contributed by atoms with Gasteiger partial charge in [-0.2, -0.15) is 10.1 Å². The van der Waals surface area contributed by atoms with Crippen molar-refractivity contribution in [1.29, 1.82) is 0 Å². The Morgan fingerprint density at radius 3 is 1.91 bits per heavy atom. The minimum absolute atomic E-state index is 0.000656. The van der Waals surface area contributed by atoms with Gasteiger partial charge in [0, 0.05) is 69.4 Å². The molecule has 6 atom stereocenters. The van der Waals surface area contributed by atoms with E-state index in [1.807, 2.05) is 30.3 Å². The highest BCUT2D eigenvalue weighted by Crippen LogP contribution is 2.53. The number of carbonyl (C=O) groups excluding carboxylic acids is 4. The standard InChI is InChI=1S/C39H54N8O6/c48-35(40-27-12-14-42(15-13-27)29-6-7-29)32-10-9-31-20-44(32)38(51)47(31)53-22-26-16-34(26)43-23-39(24-43)17-28(18-39)41-36(49)33-11-8-30-19-45(33)37(50)46(30)52-21-25-4-2-1-3-5-25/h1-5,26-34H,6-24H2,(H,40,48)(H,41,49)/t26?,30-,31-,32+,33+,34?/m1/s1. The Labute approximate surface area is 311 Å². The van der Waals surface area contributed by atoms with Gasteiger partial charge in [-0.1, -0.05) is 30.3 Å². The van der Waals surface area contributed by atoms with Gasteiger partial charge in [0.2, 0.25) is 11.8 Å². The molecule has 14 heteroatoms. The van der Waals surface area contributed by atoms with Gasteiger partial charge in [-0.15, -0.1) is 0 Å². The van der Waals surface area contributed by atoms with E-state index in [2.05, 4.69) is 20.4 Å². The molecule has 2 N–H and O–H groups in total. The minimum atomic E-state index is -0.438. The molecule has 4 bridgehead atoms. The molecule has 10 rings (SSSR count). The summed E-state index contributed by atoms with van der Waals surface area (Å²) in [5, 5.41) is 9.60. The largest absolute Gasteiger partial charge is 0.352 e. The third-order valence-corrected chi connectivity index (χ3v) is 14.0. The number of hydrogen-bond acceptors (Lipinski definition) is 8. The number of nitrogens with one attached hydrogen (secondary N) is 2. The molecule has 3 saturated carbocycles. The molecule has 9 aliphatic rings. The van der Waals surface area contributed by atoms with Crippen molar-refractivity contribution in [3.63, 3.8) is 0 Å². The summed E-state index contributed by atoms with van der Waals surface area (Å²) in [6.07, 6.45) is 10.5. The van der Waals surface area contributed by atoms with Crippen LogP contribution in [0.25, 0.3) is 0 Å². The number of rotatable bonds is 12. The van der Waals surface area contributed by atoms with Crippen molar-refractivity contribution >= 4 is 23.9 Å². The first kappa shape index (κ1) is 34.1. The van der Waals surface area contributed by atoms with Gasteiger partial charge in [-0.3, -0.25) is 24.2 Å². The smallest absolute Gasteiger partial charge is 0.345 e. The van der Waals surface area contributed by atoms with Gasteiger partial charge < -0.3 is 25.3 Å². The molecule has 3 aliphatic carbocycles. The number of piperidine rings is 3. The Morgan fingerprint density at radius 1 is 0.698 bits per heavy atom. The van der Waals surface area contributed by atoms with E-state index in [4.69, 9.17) is 9.68 Å². The Balaban J connectivity index is 0.629. The van der Waals surface area contributed by atoms with Crippen LogP contribution in [0.2, 0.25) is 0 Å². The van der Waals surface area contributed by atoms with Gasteiger partial charge >= 0.3 is 12.1 Å². The van der Waals surface area contributed by atoms with E-state index in [-0.39, 0.29) is 53.5 Å².